The lowest BCUT2D eigenvalue weighted by molar-refractivity contribution is -0.154. The highest BCUT2D eigenvalue weighted by Gasteiger charge is 2.35. The zero-order chi connectivity index (χ0) is 24.1. The Balaban J connectivity index is 1.71. The number of carbonyl (C=O) groups is 2. The molecular formula is C22H36FN7O3. The highest BCUT2D eigenvalue weighted by molar-refractivity contribution is 5.80. The Morgan fingerprint density at radius 2 is 2.00 bits per heavy atom. The van der Waals surface area contributed by atoms with Gasteiger partial charge < -0.3 is 9.80 Å². The summed E-state index contributed by atoms with van der Waals surface area (Å²) in [5, 5.41) is 10.1. The molecule has 3 N–H and O–H groups in total. The number of nitrogens with one attached hydrogen (secondary N) is 2. The van der Waals surface area contributed by atoms with Gasteiger partial charge >= 0.3 is 0 Å². The number of nitrogens with zero attached hydrogens (tertiary/aromatic N) is 5. The summed E-state index contributed by atoms with van der Waals surface area (Å²) < 4.78 is 15.4. The van der Waals surface area contributed by atoms with Crippen LogP contribution in [-0.2, 0) is 9.59 Å². The van der Waals surface area contributed by atoms with Crippen molar-refractivity contribution in [3.05, 3.63) is 11.6 Å². The quantitative estimate of drug-likeness (QED) is 0.273. The van der Waals surface area contributed by atoms with Gasteiger partial charge in [-0.05, 0) is 46.7 Å². The molecule has 2 heterocycles. The second kappa shape index (κ2) is 11.1. The number of aryl methyl sites for hydroxylation is 1. The van der Waals surface area contributed by atoms with E-state index in [0.29, 0.717) is 29.8 Å². The molecule has 1 aliphatic carbocycles. The molecule has 1 aromatic rings. The summed E-state index contributed by atoms with van der Waals surface area (Å²) in [6, 6.07) is 0.354. The Morgan fingerprint density at radius 1 is 1.30 bits per heavy atom. The van der Waals surface area contributed by atoms with Crippen molar-refractivity contribution < 1.29 is 19.2 Å². The molecule has 2 amide bonds. The van der Waals surface area contributed by atoms with E-state index in [2.05, 4.69) is 25.7 Å². The molecule has 3 rings (SSSR count). The molecule has 33 heavy (non-hydrogen) atoms. The maximum Gasteiger partial charge on any atom is 0.243 e. The van der Waals surface area contributed by atoms with Crippen LogP contribution in [0.5, 0.6) is 0 Å². The van der Waals surface area contributed by atoms with Crippen LogP contribution in [0.2, 0.25) is 0 Å². The predicted octanol–water partition coefficient (Wildman–Crippen LogP) is 1.94. The van der Waals surface area contributed by atoms with Gasteiger partial charge in [0.05, 0.1) is 12.5 Å². The van der Waals surface area contributed by atoms with Crippen molar-refractivity contribution in [3.63, 3.8) is 0 Å². The summed E-state index contributed by atoms with van der Waals surface area (Å²) in [6.45, 7) is 4.27. The first-order chi connectivity index (χ1) is 15.7. The van der Waals surface area contributed by atoms with Gasteiger partial charge in [0.2, 0.25) is 18.1 Å². The molecule has 1 saturated carbocycles. The highest BCUT2D eigenvalue weighted by Crippen LogP contribution is 2.32. The largest absolute Gasteiger partial charge is 0.350 e. The lowest BCUT2D eigenvalue weighted by Crippen LogP contribution is -2.42. The van der Waals surface area contributed by atoms with Crippen LogP contribution in [0.4, 0.5) is 16.0 Å². The Morgan fingerprint density at radius 3 is 2.61 bits per heavy atom. The Bertz CT molecular complexity index is 834. The van der Waals surface area contributed by atoms with Gasteiger partial charge in [-0.25, -0.2) is 15.0 Å². The summed E-state index contributed by atoms with van der Waals surface area (Å²) in [5.74, 6) is -0.831. The Kier molecular flexibility index (Phi) is 8.41. The topological polar surface area (TPSA) is 114 Å². The normalized spacial score (nSPS) is 22.0. The van der Waals surface area contributed by atoms with Crippen LogP contribution in [0.3, 0.4) is 0 Å². The highest BCUT2D eigenvalue weighted by atomic mass is 19.1. The average molecular weight is 466 g/mol. The number of carbonyl (C=O) groups excluding carboxylic acids is 2. The monoisotopic (exact) mass is 465 g/mol. The molecule has 0 bridgehead atoms. The summed E-state index contributed by atoms with van der Waals surface area (Å²) in [4.78, 5) is 36.2. The van der Waals surface area contributed by atoms with Crippen LogP contribution >= 0.6 is 0 Å². The van der Waals surface area contributed by atoms with E-state index in [1.165, 1.54) is 0 Å². The first-order valence-electron chi connectivity index (χ1n) is 11.6. The van der Waals surface area contributed by atoms with Crippen LogP contribution in [-0.4, -0.2) is 76.7 Å². The fourth-order valence-electron chi connectivity index (χ4n) is 5.13. The number of aromatic nitrogens is 2. The number of hydrazine groups is 1. The van der Waals surface area contributed by atoms with Crippen molar-refractivity contribution >= 4 is 24.0 Å². The van der Waals surface area contributed by atoms with Crippen LogP contribution in [0, 0.1) is 24.6 Å². The lowest BCUT2D eigenvalue weighted by atomic mass is 9.92. The molecule has 3 atom stereocenters. The summed E-state index contributed by atoms with van der Waals surface area (Å²) in [7, 11) is 4.02. The van der Waals surface area contributed by atoms with Crippen molar-refractivity contribution in [1.82, 2.24) is 25.4 Å². The van der Waals surface area contributed by atoms with Gasteiger partial charge in [-0.2, -0.15) is 4.39 Å². The predicted molar refractivity (Wildman–Crippen MR) is 122 cm³/mol. The molecule has 2 fully saturated rings. The van der Waals surface area contributed by atoms with E-state index >= 15 is 4.39 Å². The van der Waals surface area contributed by atoms with Crippen LogP contribution in [0.1, 0.15) is 51.3 Å². The van der Waals surface area contributed by atoms with E-state index in [1.54, 1.807) is 6.92 Å². The Hall–Kier alpha value is -2.53. The number of hydrogen-bond donors (Lipinski definition) is 3. The molecular weight excluding hydrogens is 429 g/mol. The van der Waals surface area contributed by atoms with E-state index in [9.17, 15) is 14.8 Å². The van der Waals surface area contributed by atoms with Gasteiger partial charge in [0, 0.05) is 18.6 Å². The van der Waals surface area contributed by atoms with E-state index in [4.69, 9.17) is 0 Å². The number of halogens is 1. The van der Waals surface area contributed by atoms with E-state index in [1.807, 2.05) is 25.9 Å². The smallest absolute Gasteiger partial charge is 0.243 e. The Labute approximate surface area is 194 Å². The molecule has 1 aromatic heterocycles. The summed E-state index contributed by atoms with van der Waals surface area (Å²) >= 11 is 0. The number of rotatable bonds is 10. The number of hydrogen-bond acceptors (Lipinski definition) is 8. The number of hydroxylamine groups is 2. The first-order valence-corrected chi connectivity index (χ1v) is 11.6. The number of amides is 2. The van der Waals surface area contributed by atoms with Crippen molar-refractivity contribution in [1.29, 1.82) is 0 Å². The molecule has 0 spiro atoms. The molecule has 0 radical (unpaired) electrons. The van der Waals surface area contributed by atoms with Crippen LogP contribution in [0.25, 0.3) is 0 Å². The zero-order valence-electron chi connectivity index (χ0n) is 19.9. The van der Waals surface area contributed by atoms with Gasteiger partial charge in [0.1, 0.15) is 5.82 Å². The molecule has 1 aliphatic heterocycles. The van der Waals surface area contributed by atoms with Crippen LogP contribution in [0.15, 0.2) is 0 Å². The zero-order valence-corrected chi connectivity index (χ0v) is 19.9. The third-order valence-corrected chi connectivity index (χ3v) is 6.89. The van der Waals surface area contributed by atoms with Crippen molar-refractivity contribution in [2.45, 2.75) is 64.5 Å². The number of likely N-dealkylation sites (N-methyl/N-ethyl adjacent to an activating group) is 1. The molecule has 11 heteroatoms. The average Bonchev–Trinajstić information content (AvgIpc) is 3.42. The number of anilines is 2. The standard InChI is InChI=1S/C22H36FN7O3/c1-14-18(28(3)4)9-10-30(14)21-19(23)20(24-15(2)25-21)26-27-22(32)17(12-29(33)13-31)11-16-7-5-6-8-16/h13-14,16-18,33H,5-12H2,1-4H3,(H,27,32)(H,24,25,26)/t14-,17+,18-/m1/s1. The van der Waals surface area contributed by atoms with E-state index in [0.717, 1.165) is 32.1 Å². The fourth-order valence-corrected chi connectivity index (χ4v) is 5.13. The SMILES string of the molecule is Cc1nc(NNC(=O)[C@@H](CC2CCCC2)CN(O)C=O)c(F)c(N2CC[C@@H](N(C)C)[C@H]2C)n1. The van der Waals surface area contributed by atoms with Gasteiger partial charge in [-0.15, -0.1) is 0 Å². The van der Waals surface area contributed by atoms with E-state index in [-0.39, 0.29) is 36.7 Å². The van der Waals surface area contributed by atoms with Gasteiger partial charge in [-0.1, -0.05) is 25.7 Å². The van der Waals surface area contributed by atoms with E-state index < -0.39 is 17.6 Å². The molecule has 1 saturated heterocycles. The molecule has 0 aromatic carbocycles. The summed E-state index contributed by atoms with van der Waals surface area (Å²) in [6.07, 6.45) is 6.00. The third kappa shape index (κ3) is 6.08. The van der Waals surface area contributed by atoms with Crippen LogP contribution < -0.4 is 15.8 Å². The minimum Gasteiger partial charge on any atom is -0.350 e. The maximum atomic E-state index is 15.4. The molecule has 184 valence electrons. The maximum absolute atomic E-state index is 15.4. The third-order valence-electron chi connectivity index (χ3n) is 6.89. The molecule has 0 unspecified atom stereocenters. The summed E-state index contributed by atoms with van der Waals surface area (Å²) in [5.41, 5.74) is 5.14. The minimum absolute atomic E-state index is 0.0703. The second-order valence-corrected chi connectivity index (χ2v) is 9.44. The molecule has 10 nitrogen and oxygen atoms in total. The van der Waals surface area contributed by atoms with Crippen molar-refractivity contribution in [2.24, 2.45) is 11.8 Å². The van der Waals surface area contributed by atoms with Gasteiger partial charge in [0.25, 0.3) is 0 Å². The van der Waals surface area contributed by atoms with Crippen molar-refractivity contribution in [2.75, 3.05) is 37.5 Å². The second-order valence-electron chi connectivity index (χ2n) is 9.44. The minimum atomic E-state index is -0.629. The molecule has 2 aliphatic rings. The lowest BCUT2D eigenvalue weighted by Gasteiger charge is -2.29. The van der Waals surface area contributed by atoms with Gasteiger partial charge in [-0.3, -0.25) is 25.6 Å². The first kappa shape index (κ1) is 25.1. The fraction of sp³-hybridized carbons (Fsp3) is 0.727. The van der Waals surface area contributed by atoms with Gasteiger partial charge in [0.15, 0.2) is 11.6 Å². The van der Waals surface area contributed by atoms with Crippen molar-refractivity contribution in [3.8, 4) is 0 Å².